The van der Waals surface area contributed by atoms with Gasteiger partial charge in [-0.2, -0.15) is 0 Å². The van der Waals surface area contributed by atoms with E-state index in [1.165, 1.54) is 44.9 Å². The van der Waals surface area contributed by atoms with Crippen molar-refractivity contribution in [1.82, 2.24) is 0 Å². The number of carbonyl (C=O) groups is 1. The SMILES string of the molecule is CCCCCCCC(=O)C1(C)CCCCC1. The van der Waals surface area contributed by atoms with E-state index in [2.05, 4.69) is 13.8 Å². The first kappa shape index (κ1) is 13.7. The van der Waals surface area contributed by atoms with Crippen LogP contribution in [0.2, 0.25) is 0 Å². The number of hydrogen-bond donors (Lipinski definition) is 0. The molecule has 1 heteroatoms. The van der Waals surface area contributed by atoms with E-state index in [0.717, 1.165) is 25.7 Å². The highest BCUT2D eigenvalue weighted by Crippen LogP contribution is 2.37. The van der Waals surface area contributed by atoms with Gasteiger partial charge in [-0.05, 0) is 19.3 Å². The van der Waals surface area contributed by atoms with Gasteiger partial charge in [-0.1, -0.05) is 58.8 Å². The summed E-state index contributed by atoms with van der Waals surface area (Å²) in [4.78, 5) is 12.2. The molecule has 1 nitrogen and oxygen atoms in total. The van der Waals surface area contributed by atoms with E-state index in [1.54, 1.807) is 0 Å². The first-order valence-corrected chi connectivity index (χ1v) is 7.22. The Kier molecular flexibility index (Phi) is 6.08. The number of Topliss-reactive ketones (excluding diaryl/α,β-unsaturated/α-hetero) is 1. The summed E-state index contributed by atoms with van der Waals surface area (Å²) in [5.41, 5.74) is 0.0446. The number of rotatable bonds is 7. The van der Waals surface area contributed by atoms with Crippen molar-refractivity contribution in [2.24, 2.45) is 5.41 Å². The molecule has 94 valence electrons. The van der Waals surface area contributed by atoms with E-state index in [-0.39, 0.29) is 5.41 Å². The van der Waals surface area contributed by atoms with Gasteiger partial charge >= 0.3 is 0 Å². The Labute approximate surface area is 101 Å². The van der Waals surface area contributed by atoms with Crippen LogP contribution in [0.5, 0.6) is 0 Å². The first-order chi connectivity index (χ1) is 7.69. The Bertz CT molecular complexity index is 201. The van der Waals surface area contributed by atoms with E-state index in [9.17, 15) is 4.79 Å². The maximum absolute atomic E-state index is 12.2. The molecular formula is C15H28O. The van der Waals surface area contributed by atoms with Crippen LogP contribution < -0.4 is 0 Å². The number of unbranched alkanes of at least 4 members (excludes halogenated alkanes) is 4. The summed E-state index contributed by atoms with van der Waals surface area (Å²) < 4.78 is 0. The molecule has 0 N–H and O–H groups in total. The van der Waals surface area contributed by atoms with Gasteiger partial charge in [-0.15, -0.1) is 0 Å². The summed E-state index contributed by atoms with van der Waals surface area (Å²) >= 11 is 0. The molecule has 1 aliphatic carbocycles. The second kappa shape index (κ2) is 7.09. The molecule has 0 unspecified atom stereocenters. The largest absolute Gasteiger partial charge is 0.299 e. The van der Waals surface area contributed by atoms with Gasteiger partial charge in [-0.25, -0.2) is 0 Å². The van der Waals surface area contributed by atoms with E-state index in [1.807, 2.05) is 0 Å². The zero-order valence-electron chi connectivity index (χ0n) is 11.2. The van der Waals surface area contributed by atoms with Crippen molar-refractivity contribution in [3.8, 4) is 0 Å². The van der Waals surface area contributed by atoms with Crippen LogP contribution in [0.3, 0.4) is 0 Å². The third kappa shape index (κ3) is 4.27. The van der Waals surface area contributed by atoms with Crippen LogP contribution in [0, 0.1) is 5.41 Å². The van der Waals surface area contributed by atoms with Crippen molar-refractivity contribution in [3.63, 3.8) is 0 Å². The van der Waals surface area contributed by atoms with Crippen LogP contribution in [-0.4, -0.2) is 5.78 Å². The molecule has 0 aromatic carbocycles. The number of carbonyl (C=O) groups excluding carboxylic acids is 1. The second-order valence-corrected chi connectivity index (χ2v) is 5.71. The highest BCUT2D eigenvalue weighted by molar-refractivity contribution is 5.84. The van der Waals surface area contributed by atoms with Crippen LogP contribution in [0.15, 0.2) is 0 Å². The monoisotopic (exact) mass is 224 g/mol. The molecule has 0 heterocycles. The summed E-state index contributed by atoms with van der Waals surface area (Å²) in [6, 6.07) is 0. The lowest BCUT2D eigenvalue weighted by Gasteiger charge is -2.32. The normalized spacial score (nSPS) is 19.6. The van der Waals surface area contributed by atoms with Gasteiger partial charge in [-0.3, -0.25) is 4.79 Å². The molecular weight excluding hydrogens is 196 g/mol. The fourth-order valence-electron chi connectivity index (χ4n) is 2.80. The van der Waals surface area contributed by atoms with Crippen LogP contribution in [-0.2, 0) is 4.79 Å². The van der Waals surface area contributed by atoms with Crippen molar-refractivity contribution < 1.29 is 4.79 Å². The molecule has 0 aliphatic heterocycles. The van der Waals surface area contributed by atoms with Crippen molar-refractivity contribution >= 4 is 5.78 Å². The Morgan fingerprint density at radius 1 is 1.00 bits per heavy atom. The number of ketones is 1. The maximum Gasteiger partial charge on any atom is 0.138 e. The zero-order valence-corrected chi connectivity index (χ0v) is 11.2. The minimum Gasteiger partial charge on any atom is -0.299 e. The smallest absolute Gasteiger partial charge is 0.138 e. The summed E-state index contributed by atoms with van der Waals surface area (Å²) in [5, 5.41) is 0. The molecule has 16 heavy (non-hydrogen) atoms. The topological polar surface area (TPSA) is 17.1 Å². The molecule has 0 amide bonds. The van der Waals surface area contributed by atoms with Crippen molar-refractivity contribution in [2.75, 3.05) is 0 Å². The van der Waals surface area contributed by atoms with E-state index < -0.39 is 0 Å². The molecule has 0 radical (unpaired) electrons. The average Bonchev–Trinajstić information content (AvgIpc) is 2.29. The molecule has 0 aromatic heterocycles. The molecule has 1 rings (SSSR count). The standard InChI is InChI=1S/C15H28O/c1-3-4-5-6-8-11-14(16)15(2)12-9-7-10-13-15/h3-13H2,1-2H3. The summed E-state index contributed by atoms with van der Waals surface area (Å²) in [5.74, 6) is 0.545. The van der Waals surface area contributed by atoms with Crippen molar-refractivity contribution in [3.05, 3.63) is 0 Å². The Morgan fingerprint density at radius 2 is 1.62 bits per heavy atom. The van der Waals surface area contributed by atoms with Gasteiger partial charge in [0.15, 0.2) is 0 Å². The zero-order chi connectivity index (χ0) is 11.9. The Morgan fingerprint density at radius 3 is 2.25 bits per heavy atom. The van der Waals surface area contributed by atoms with Gasteiger partial charge < -0.3 is 0 Å². The highest BCUT2D eigenvalue weighted by Gasteiger charge is 2.33. The molecule has 1 aliphatic rings. The minimum absolute atomic E-state index is 0.0446. The van der Waals surface area contributed by atoms with Crippen molar-refractivity contribution in [1.29, 1.82) is 0 Å². The van der Waals surface area contributed by atoms with Crippen molar-refractivity contribution in [2.45, 2.75) is 84.5 Å². The maximum atomic E-state index is 12.2. The third-order valence-electron chi connectivity index (χ3n) is 4.14. The molecule has 1 fully saturated rings. The van der Waals surface area contributed by atoms with E-state index >= 15 is 0 Å². The van der Waals surface area contributed by atoms with Crippen LogP contribution in [0.25, 0.3) is 0 Å². The van der Waals surface area contributed by atoms with Gasteiger partial charge in [0.25, 0.3) is 0 Å². The van der Waals surface area contributed by atoms with Gasteiger partial charge in [0.2, 0.25) is 0 Å². The van der Waals surface area contributed by atoms with Crippen LogP contribution >= 0.6 is 0 Å². The van der Waals surface area contributed by atoms with Crippen LogP contribution in [0.1, 0.15) is 84.5 Å². The third-order valence-corrected chi connectivity index (χ3v) is 4.14. The Balaban J connectivity index is 2.18. The lowest BCUT2D eigenvalue weighted by molar-refractivity contribution is -0.129. The molecule has 0 spiro atoms. The van der Waals surface area contributed by atoms with Gasteiger partial charge in [0.1, 0.15) is 5.78 Å². The average molecular weight is 224 g/mol. The Hall–Kier alpha value is -0.330. The molecule has 0 saturated heterocycles. The van der Waals surface area contributed by atoms with Crippen LogP contribution in [0.4, 0.5) is 0 Å². The molecule has 0 aromatic rings. The summed E-state index contributed by atoms with van der Waals surface area (Å²) in [6.07, 6.45) is 13.2. The fourth-order valence-corrected chi connectivity index (χ4v) is 2.80. The lowest BCUT2D eigenvalue weighted by Crippen LogP contribution is -2.30. The predicted octanol–water partition coefficient (Wildman–Crippen LogP) is 4.89. The van der Waals surface area contributed by atoms with Gasteiger partial charge in [0, 0.05) is 11.8 Å². The fraction of sp³-hybridized carbons (Fsp3) is 0.933. The van der Waals surface area contributed by atoms with E-state index in [4.69, 9.17) is 0 Å². The highest BCUT2D eigenvalue weighted by atomic mass is 16.1. The minimum atomic E-state index is 0.0446. The second-order valence-electron chi connectivity index (χ2n) is 5.71. The quantitative estimate of drug-likeness (QED) is 0.563. The lowest BCUT2D eigenvalue weighted by atomic mass is 9.71. The van der Waals surface area contributed by atoms with Gasteiger partial charge in [0.05, 0.1) is 0 Å². The molecule has 0 bridgehead atoms. The summed E-state index contributed by atoms with van der Waals surface area (Å²) in [7, 11) is 0. The molecule has 1 saturated carbocycles. The predicted molar refractivity (Wildman–Crippen MR) is 69.6 cm³/mol. The summed E-state index contributed by atoms with van der Waals surface area (Å²) in [6.45, 7) is 4.43. The first-order valence-electron chi connectivity index (χ1n) is 7.22. The number of hydrogen-bond acceptors (Lipinski definition) is 1. The van der Waals surface area contributed by atoms with E-state index in [0.29, 0.717) is 5.78 Å². The molecule has 0 atom stereocenters.